The van der Waals surface area contributed by atoms with Gasteiger partial charge >= 0.3 is 6.09 Å². The van der Waals surface area contributed by atoms with Gasteiger partial charge in [-0.3, -0.25) is 4.90 Å². The number of hydrogen-bond donors (Lipinski definition) is 3. The van der Waals surface area contributed by atoms with Crippen LogP contribution in [-0.4, -0.2) is 49.4 Å². The second-order valence-corrected chi connectivity index (χ2v) is 6.32. The van der Waals surface area contributed by atoms with Gasteiger partial charge in [0.05, 0.1) is 7.11 Å². The van der Waals surface area contributed by atoms with Gasteiger partial charge in [0.15, 0.2) is 0 Å². The molecular formula is C18H29N3O3. The fourth-order valence-electron chi connectivity index (χ4n) is 3.00. The number of benzene rings is 1. The van der Waals surface area contributed by atoms with E-state index >= 15 is 0 Å². The average molecular weight is 335 g/mol. The smallest absolute Gasteiger partial charge is 0.406 e. The third kappa shape index (κ3) is 5.69. The molecule has 1 fully saturated rings. The molecule has 1 heterocycles. The van der Waals surface area contributed by atoms with Crippen molar-refractivity contribution in [2.24, 2.45) is 0 Å². The summed E-state index contributed by atoms with van der Waals surface area (Å²) in [6.45, 7) is 6.26. The zero-order chi connectivity index (χ0) is 17.4. The highest BCUT2D eigenvalue weighted by Crippen LogP contribution is 2.24. The highest BCUT2D eigenvalue weighted by Gasteiger charge is 2.14. The van der Waals surface area contributed by atoms with Gasteiger partial charge < -0.3 is 20.5 Å². The van der Waals surface area contributed by atoms with Crippen LogP contribution in [0.1, 0.15) is 43.4 Å². The van der Waals surface area contributed by atoms with Crippen LogP contribution in [0.15, 0.2) is 18.2 Å². The largest absolute Gasteiger partial charge is 0.508 e. The first-order valence-corrected chi connectivity index (χ1v) is 8.69. The van der Waals surface area contributed by atoms with Crippen molar-refractivity contribution in [1.82, 2.24) is 15.5 Å². The summed E-state index contributed by atoms with van der Waals surface area (Å²) in [5.74, 6) is 0.365. The minimum absolute atomic E-state index is 0.144. The summed E-state index contributed by atoms with van der Waals surface area (Å²) >= 11 is 0. The van der Waals surface area contributed by atoms with E-state index in [2.05, 4.69) is 33.3 Å². The van der Waals surface area contributed by atoms with Gasteiger partial charge in [-0.2, -0.15) is 0 Å². The number of alkyl carbamates (subject to hydrolysis) is 1. The highest BCUT2D eigenvalue weighted by molar-refractivity contribution is 5.66. The molecule has 1 saturated heterocycles. The number of carbonyl (C=O) groups is 1. The van der Waals surface area contributed by atoms with Crippen molar-refractivity contribution in [2.75, 3.05) is 33.3 Å². The Labute approximate surface area is 144 Å². The van der Waals surface area contributed by atoms with Crippen molar-refractivity contribution in [3.63, 3.8) is 0 Å². The molecule has 1 atom stereocenters. The number of phenolic OH excluding ortho intramolecular Hbond substituents is 1. The molecule has 0 aromatic heterocycles. The van der Waals surface area contributed by atoms with Crippen molar-refractivity contribution in [3.8, 4) is 5.75 Å². The number of amides is 1. The van der Waals surface area contributed by atoms with E-state index in [0.29, 0.717) is 18.8 Å². The van der Waals surface area contributed by atoms with Gasteiger partial charge in [-0.05, 0) is 50.6 Å². The van der Waals surface area contributed by atoms with Crippen LogP contribution in [0.3, 0.4) is 0 Å². The summed E-state index contributed by atoms with van der Waals surface area (Å²) in [5, 5.41) is 16.1. The first kappa shape index (κ1) is 18.5. The number of nitrogens with zero attached hydrogens (tertiary/aromatic N) is 1. The lowest BCUT2D eigenvalue weighted by Crippen LogP contribution is -2.32. The second-order valence-electron chi connectivity index (χ2n) is 6.32. The molecule has 1 aromatic rings. The average Bonchev–Trinajstić information content (AvgIpc) is 2.61. The number of likely N-dealkylation sites (tertiary alicyclic amines) is 1. The molecule has 0 saturated carbocycles. The maximum atomic E-state index is 11.0. The summed E-state index contributed by atoms with van der Waals surface area (Å²) < 4.78 is 4.53. The number of aromatic hydroxyl groups is 1. The molecule has 3 N–H and O–H groups in total. The van der Waals surface area contributed by atoms with Crippen LogP contribution in [-0.2, 0) is 11.3 Å². The molecular weight excluding hydrogens is 306 g/mol. The van der Waals surface area contributed by atoms with Gasteiger partial charge in [-0.25, -0.2) is 4.79 Å². The van der Waals surface area contributed by atoms with Crippen molar-refractivity contribution in [1.29, 1.82) is 0 Å². The van der Waals surface area contributed by atoms with Crippen molar-refractivity contribution in [3.05, 3.63) is 29.3 Å². The molecule has 0 aliphatic carbocycles. The summed E-state index contributed by atoms with van der Waals surface area (Å²) in [4.78, 5) is 13.4. The second kappa shape index (κ2) is 9.49. The van der Waals surface area contributed by atoms with Crippen LogP contribution in [0.2, 0.25) is 0 Å². The van der Waals surface area contributed by atoms with Crippen LogP contribution in [0.25, 0.3) is 0 Å². The molecule has 6 heteroatoms. The number of carbonyl (C=O) groups excluding carboxylic acids is 1. The zero-order valence-corrected chi connectivity index (χ0v) is 14.7. The molecule has 1 aliphatic heterocycles. The quantitative estimate of drug-likeness (QED) is 0.667. The Bertz CT molecular complexity index is 530. The molecule has 0 bridgehead atoms. The van der Waals surface area contributed by atoms with E-state index in [1.165, 1.54) is 26.4 Å². The molecule has 0 radical (unpaired) electrons. The third-order valence-corrected chi connectivity index (χ3v) is 4.48. The lowest BCUT2D eigenvalue weighted by molar-refractivity contribution is 0.171. The molecule has 1 amide bonds. The number of ether oxygens (including phenoxy) is 1. The van der Waals surface area contributed by atoms with Crippen LogP contribution < -0.4 is 10.6 Å². The predicted molar refractivity (Wildman–Crippen MR) is 94.1 cm³/mol. The Morgan fingerprint density at radius 3 is 2.75 bits per heavy atom. The van der Waals surface area contributed by atoms with Gasteiger partial charge in [0, 0.05) is 31.2 Å². The summed E-state index contributed by atoms with van der Waals surface area (Å²) in [5.41, 5.74) is 2.12. The number of nitrogens with one attached hydrogen (secondary N) is 2. The van der Waals surface area contributed by atoms with E-state index in [4.69, 9.17) is 0 Å². The van der Waals surface area contributed by atoms with Crippen molar-refractivity contribution in [2.45, 2.75) is 38.8 Å². The fourth-order valence-corrected chi connectivity index (χ4v) is 3.00. The monoisotopic (exact) mass is 335 g/mol. The fraction of sp³-hybridized carbons (Fsp3) is 0.611. The lowest BCUT2D eigenvalue weighted by Gasteiger charge is -2.27. The summed E-state index contributed by atoms with van der Waals surface area (Å²) in [7, 11) is 1.35. The van der Waals surface area contributed by atoms with E-state index in [1.54, 1.807) is 6.07 Å². The minimum Gasteiger partial charge on any atom is -0.508 e. The Morgan fingerprint density at radius 1 is 1.29 bits per heavy atom. The van der Waals surface area contributed by atoms with Crippen molar-refractivity contribution >= 4 is 6.09 Å². The number of rotatable bonds is 7. The highest BCUT2D eigenvalue weighted by atomic mass is 16.5. The molecule has 24 heavy (non-hydrogen) atoms. The Balaban J connectivity index is 1.87. The number of methoxy groups -OCH3 is 1. The van der Waals surface area contributed by atoms with Crippen LogP contribution in [0.4, 0.5) is 4.79 Å². The van der Waals surface area contributed by atoms with E-state index < -0.39 is 6.09 Å². The van der Waals surface area contributed by atoms with Crippen LogP contribution >= 0.6 is 0 Å². The molecule has 0 spiro atoms. The van der Waals surface area contributed by atoms with Gasteiger partial charge in [0.2, 0.25) is 0 Å². The first-order valence-electron chi connectivity index (χ1n) is 8.69. The van der Waals surface area contributed by atoms with Crippen LogP contribution in [0, 0.1) is 0 Å². The van der Waals surface area contributed by atoms with Gasteiger partial charge in [-0.1, -0.05) is 12.5 Å². The van der Waals surface area contributed by atoms with Gasteiger partial charge in [0.1, 0.15) is 5.75 Å². The summed E-state index contributed by atoms with van der Waals surface area (Å²) in [6, 6.07) is 5.94. The standard InChI is InChI=1S/C18H29N3O3/c1-14(19-8-9-20-18(23)24-2)15-6-7-17(22)16(12-15)13-21-10-4-3-5-11-21/h6-7,12,14,19,22H,3-5,8-11,13H2,1-2H3,(H,20,23). The molecule has 1 unspecified atom stereocenters. The minimum atomic E-state index is -0.419. The molecule has 1 aromatic carbocycles. The van der Waals surface area contributed by atoms with Crippen LogP contribution in [0.5, 0.6) is 5.75 Å². The molecule has 1 aliphatic rings. The van der Waals surface area contributed by atoms with E-state index in [-0.39, 0.29) is 6.04 Å². The predicted octanol–water partition coefficient (Wildman–Crippen LogP) is 2.38. The third-order valence-electron chi connectivity index (χ3n) is 4.48. The molecule has 6 nitrogen and oxygen atoms in total. The normalized spacial score (nSPS) is 16.6. The number of piperidine rings is 1. The number of phenols is 1. The molecule has 2 rings (SSSR count). The summed E-state index contributed by atoms with van der Waals surface area (Å²) in [6.07, 6.45) is 3.37. The Hall–Kier alpha value is -1.79. The lowest BCUT2D eigenvalue weighted by atomic mass is 10.0. The topological polar surface area (TPSA) is 73.8 Å². The van der Waals surface area contributed by atoms with E-state index in [0.717, 1.165) is 30.8 Å². The maximum absolute atomic E-state index is 11.0. The van der Waals surface area contributed by atoms with Crippen molar-refractivity contribution < 1.29 is 14.6 Å². The first-order chi connectivity index (χ1) is 11.6. The van der Waals surface area contributed by atoms with E-state index in [1.807, 2.05) is 6.07 Å². The number of hydrogen-bond acceptors (Lipinski definition) is 5. The maximum Gasteiger partial charge on any atom is 0.406 e. The SMILES string of the molecule is COC(=O)NCCNC(C)c1ccc(O)c(CN2CCCCC2)c1. The Morgan fingerprint density at radius 2 is 2.04 bits per heavy atom. The zero-order valence-electron chi connectivity index (χ0n) is 14.7. The van der Waals surface area contributed by atoms with Gasteiger partial charge in [0.25, 0.3) is 0 Å². The molecule has 134 valence electrons. The van der Waals surface area contributed by atoms with Gasteiger partial charge in [-0.15, -0.1) is 0 Å². The van der Waals surface area contributed by atoms with E-state index in [9.17, 15) is 9.90 Å². The Kier molecular flexibility index (Phi) is 7.34.